The first kappa shape index (κ1) is 22.7. The number of halogens is 1. The van der Waals surface area contributed by atoms with Crippen LogP contribution in [0.3, 0.4) is 0 Å². The summed E-state index contributed by atoms with van der Waals surface area (Å²) in [5.74, 6) is 0.655. The summed E-state index contributed by atoms with van der Waals surface area (Å²) in [5, 5.41) is 9.14. The smallest absolute Gasteiger partial charge is 0.412 e. The predicted molar refractivity (Wildman–Crippen MR) is 122 cm³/mol. The third kappa shape index (κ3) is 6.52. The highest BCUT2D eigenvalue weighted by atomic mass is 35.5. The molecule has 0 aliphatic carbocycles. The van der Waals surface area contributed by atoms with Crippen LogP contribution in [0.1, 0.15) is 52.6 Å². The molecule has 7 nitrogen and oxygen atoms in total. The number of nitrogens with one attached hydrogen (secondary N) is 3. The van der Waals surface area contributed by atoms with Gasteiger partial charge in [-0.2, -0.15) is 0 Å². The summed E-state index contributed by atoms with van der Waals surface area (Å²) in [4.78, 5) is 24.8. The van der Waals surface area contributed by atoms with Crippen molar-refractivity contribution in [2.75, 3.05) is 10.6 Å². The Kier molecular flexibility index (Phi) is 6.36. The maximum absolute atomic E-state index is 12.6. The largest absolute Gasteiger partial charge is 0.487 e. The zero-order valence-corrected chi connectivity index (χ0v) is 19.1. The van der Waals surface area contributed by atoms with E-state index >= 15 is 0 Å². The van der Waals surface area contributed by atoms with Crippen molar-refractivity contribution in [3.63, 3.8) is 0 Å². The van der Waals surface area contributed by atoms with Crippen molar-refractivity contribution in [1.82, 2.24) is 5.32 Å². The van der Waals surface area contributed by atoms with E-state index in [1.807, 2.05) is 13.8 Å². The lowest BCUT2D eigenvalue weighted by atomic mass is 9.89. The zero-order valence-electron chi connectivity index (χ0n) is 18.3. The molecule has 1 atom stereocenters. The molecular weight excluding hydrogens is 418 g/mol. The lowest BCUT2D eigenvalue weighted by Crippen LogP contribution is -2.42. The summed E-state index contributed by atoms with van der Waals surface area (Å²) in [6.45, 7) is 9.33. The highest BCUT2D eigenvalue weighted by molar-refractivity contribution is 6.30. The van der Waals surface area contributed by atoms with Crippen molar-refractivity contribution in [2.45, 2.75) is 58.3 Å². The Morgan fingerprint density at radius 1 is 1.06 bits per heavy atom. The minimum Gasteiger partial charge on any atom is -0.487 e. The Bertz CT molecular complexity index is 968. The summed E-state index contributed by atoms with van der Waals surface area (Å²) < 4.78 is 11.4. The predicted octanol–water partition coefficient (Wildman–Crippen LogP) is 6.11. The van der Waals surface area contributed by atoms with Crippen molar-refractivity contribution in [1.29, 1.82) is 0 Å². The molecule has 3 rings (SSSR count). The van der Waals surface area contributed by atoms with Crippen molar-refractivity contribution >= 4 is 35.1 Å². The molecule has 0 aromatic heterocycles. The molecule has 2 aromatic carbocycles. The SMILES string of the molecule is CC(C)(C)OC(=O)Nc1ccc2c(c1)[C@H](NC(=O)Nc1ccc(Cl)cc1)CC(C)(C)O2. The lowest BCUT2D eigenvalue weighted by Gasteiger charge is -2.38. The van der Waals surface area contributed by atoms with Crippen LogP contribution in [-0.2, 0) is 4.74 Å². The fourth-order valence-electron chi connectivity index (χ4n) is 3.34. The second-order valence-corrected chi connectivity index (χ2v) is 9.54. The molecule has 0 fully saturated rings. The standard InChI is InChI=1S/C23H28ClN3O4/c1-22(2,3)31-21(29)26-16-10-11-19-17(12-16)18(13-23(4,5)30-19)27-20(28)25-15-8-6-14(24)7-9-15/h6-12,18H,13H2,1-5H3,(H,26,29)(H2,25,27,28)/t18-/m1/s1. The van der Waals surface area contributed by atoms with E-state index in [0.29, 0.717) is 28.6 Å². The number of urea groups is 1. The second-order valence-electron chi connectivity index (χ2n) is 9.10. The molecule has 1 aliphatic heterocycles. The number of hydrogen-bond donors (Lipinski definition) is 3. The van der Waals surface area contributed by atoms with Crippen LogP contribution in [0.5, 0.6) is 5.75 Å². The first-order valence-corrected chi connectivity index (χ1v) is 10.4. The molecule has 0 saturated heterocycles. The van der Waals surface area contributed by atoms with E-state index in [4.69, 9.17) is 21.1 Å². The molecule has 0 radical (unpaired) electrons. The number of carbonyl (C=O) groups excluding carboxylic acids is 2. The van der Waals surface area contributed by atoms with Crippen LogP contribution in [0.2, 0.25) is 5.02 Å². The average molecular weight is 446 g/mol. The van der Waals surface area contributed by atoms with E-state index in [1.54, 1.807) is 63.2 Å². The molecule has 2 aromatic rings. The van der Waals surface area contributed by atoms with Gasteiger partial charge in [0, 0.05) is 28.4 Å². The van der Waals surface area contributed by atoms with Gasteiger partial charge in [-0.05, 0) is 77.1 Å². The number of amides is 3. The van der Waals surface area contributed by atoms with Gasteiger partial charge in [0.25, 0.3) is 0 Å². The number of carbonyl (C=O) groups is 2. The lowest BCUT2D eigenvalue weighted by molar-refractivity contribution is 0.0631. The van der Waals surface area contributed by atoms with E-state index in [9.17, 15) is 9.59 Å². The van der Waals surface area contributed by atoms with Crippen LogP contribution in [0.15, 0.2) is 42.5 Å². The number of hydrogen-bond acceptors (Lipinski definition) is 4. The maximum Gasteiger partial charge on any atom is 0.412 e. The first-order valence-electron chi connectivity index (χ1n) is 10.1. The Labute approximate surface area is 187 Å². The monoisotopic (exact) mass is 445 g/mol. The van der Waals surface area contributed by atoms with Crippen molar-refractivity contribution in [3.8, 4) is 5.75 Å². The van der Waals surface area contributed by atoms with Crippen molar-refractivity contribution in [3.05, 3.63) is 53.1 Å². The number of anilines is 2. The molecule has 1 aliphatic rings. The molecule has 31 heavy (non-hydrogen) atoms. The molecule has 0 bridgehead atoms. The second kappa shape index (κ2) is 8.67. The molecule has 0 unspecified atom stereocenters. The van der Waals surface area contributed by atoms with Gasteiger partial charge >= 0.3 is 12.1 Å². The Hall–Kier alpha value is -2.93. The summed E-state index contributed by atoms with van der Waals surface area (Å²) in [6.07, 6.45) is 0.0127. The molecule has 0 spiro atoms. The third-order valence-electron chi connectivity index (χ3n) is 4.52. The van der Waals surface area contributed by atoms with Gasteiger partial charge in [-0.1, -0.05) is 11.6 Å². The number of fused-ring (bicyclic) bond motifs is 1. The molecule has 3 amide bonds. The van der Waals surface area contributed by atoms with Crippen LogP contribution < -0.4 is 20.7 Å². The normalized spacial score (nSPS) is 17.0. The molecule has 0 saturated carbocycles. The summed E-state index contributed by atoms with van der Waals surface area (Å²) in [7, 11) is 0. The Morgan fingerprint density at radius 3 is 2.35 bits per heavy atom. The minimum absolute atomic E-state index is 0.313. The van der Waals surface area contributed by atoms with Crippen molar-refractivity contribution < 1.29 is 19.1 Å². The third-order valence-corrected chi connectivity index (χ3v) is 4.77. The average Bonchev–Trinajstić information content (AvgIpc) is 2.62. The molecule has 166 valence electrons. The van der Waals surface area contributed by atoms with E-state index in [1.165, 1.54) is 0 Å². The van der Waals surface area contributed by atoms with Gasteiger partial charge < -0.3 is 20.1 Å². The topological polar surface area (TPSA) is 88.7 Å². The maximum atomic E-state index is 12.6. The first-order chi connectivity index (χ1) is 14.4. The van der Waals surface area contributed by atoms with Gasteiger partial charge in [0.15, 0.2) is 0 Å². The van der Waals surface area contributed by atoms with Gasteiger partial charge in [0.05, 0.1) is 6.04 Å². The van der Waals surface area contributed by atoms with Crippen LogP contribution in [0.25, 0.3) is 0 Å². The van der Waals surface area contributed by atoms with Gasteiger partial charge in [-0.15, -0.1) is 0 Å². The van der Waals surface area contributed by atoms with Crippen LogP contribution in [-0.4, -0.2) is 23.3 Å². The van der Waals surface area contributed by atoms with Crippen LogP contribution in [0, 0.1) is 0 Å². The summed E-state index contributed by atoms with van der Waals surface area (Å²) in [5.41, 5.74) is 0.898. The fraction of sp³-hybridized carbons (Fsp3) is 0.391. The highest BCUT2D eigenvalue weighted by Crippen LogP contribution is 2.40. The van der Waals surface area contributed by atoms with Gasteiger partial charge in [-0.3, -0.25) is 5.32 Å². The molecule has 3 N–H and O–H groups in total. The molecular formula is C23H28ClN3O4. The molecule has 1 heterocycles. The number of ether oxygens (including phenoxy) is 2. The van der Waals surface area contributed by atoms with E-state index in [2.05, 4.69) is 16.0 Å². The summed E-state index contributed by atoms with van der Waals surface area (Å²) in [6, 6.07) is 11.5. The van der Waals surface area contributed by atoms with Gasteiger partial charge in [0.2, 0.25) is 0 Å². The van der Waals surface area contributed by atoms with Gasteiger partial charge in [0.1, 0.15) is 17.0 Å². The fourth-order valence-corrected chi connectivity index (χ4v) is 3.47. The summed E-state index contributed by atoms with van der Waals surface area (Å²) >= 11 is 5.90. The van der Waals surface area contributed by atoms with Crippen LogP contribution in [0.4, 0.5) is 21.0 Å². The number of benzene rings is 2. The minimum atomic E-state index is -0.602. The Morgan fingerprint density at radius 2 is 1.71 bits per heavy atom. The van der Waals surface area contributed by atoms with Crippen LogP contribution >= 0.6 is 11.6 Å². The number of rotatable bonds is 3. The van der Waals surface area contributed by atoms with E-state index in [0.717, 1.165) is 5.56 Å². The van der Waals surface area contributed by atoms with Gasteiger partial charge in [-0.25, -0.2) is 9.59 Å². The zero-order chi connectivity index (χ0) is 22.8. The molecule has 8 heteroatoms. The Balaban J connectivity index is 1.77. The van der Waals surface area contributed by atoms with Crippen molar-refractivity contribution in [2.24, 2.45) is 0 Å². The highest BCUT2D eigenvalue weighted by Gasteiger charge is 2.35. The van der Waals surface area contributed by atoms with E-state index < -0.39 is 17.3 Å². The van der Waals surface area contributed by atoms with E-state index in [-0.39, 0.29) is 12.1 Å². The quantitative estimate of drug-likeness (QED) is 0.531.